The molecule has 2 saturated heterocycles. The van der Waals surface area contributed by atoms with Crippen LogP contribution in [0.3, 0.4) is 0 Å². The predicted octanol–water partition coefficient (Wildman–Crippen LogP) is 7.30. The largest absolute Gasteiger partial charge is 0.457 e. The van der Waals surface area contributed by atoms with Crippen LogP contribution in [0.15, 0.2) is 0 Å². The molecule has 0 spiro atoms. The van der Waals surface area contributed by atoms with Crippen molar-refractivity contribution in [2.24, 2.45) is 0 Å². The predicted molar refractivity (Wildman–Crippen MR) is 243 cm³/mol. The lowest BCUT2D eigenvalue weighted by Gasteiger charge is -2.42. The van der Waals surface area contributed by atoms with Gasteiger partial charge in [0.25, 0.3) is 0 Å². The molecule has 2 aliphatic heterocycles. The minimum absolute atomic E-state index is 0.0699. The smallest absolute Gasteiger partial charge is 0.306 e. The number of aliphatic hydroxyl groups is 7. The molecule has 0 aliphatic carbocycles. The normalized spacial score (nSPS) is 26.9. The maximum absolute atomic E-state index is 13.0. The van der Waals surface area contributed by atoms with Gasteiger partial charge in [-0.05, 0) is 12.8 Å². The average Bonchev–Trinajstić information content (AvgIpc) is 3.28. The third-order valence-electron chi connectivity index (χ3n) is 12.6. The van der Waals surface area contributed by atoms with E-state index in [0.29, 0.717) is 6.61 Å². The Morgan fingerprint density at radius 2 is 0.841 bits per heavy atom. The molecule has 0 bridgehead atoms. The second kappa shape index (κ2) is 38.0. The van der Waals surface area contributed by atoms with Crippen LogP contribution in [0.25, 0.3) is 0 Å². The Kier molecular flexibility index (Phi) is 35.1. The molecular weight excluding hydrogens is 813 g/mol. The Labute approximate surface area is 381 Å². The second-order valence-corrected chi connectivity index (χ2v) is 18.4. The van der Waals surface area contributed by atoms with Crippen molar-refractivity contribution in [3.63, 3.8) is 0 Å². The van der Waals surface area contributed by atoms with Crippen LogP contribution < -0.4 is 0 Å². The number of hydrogen-bond donors (Lipinski definition) is 7. The molecule has 0 aromatic rings. The van der Waals surface area contributed by atoms with Crippen LogP contribution in [0.5, 0.6) is 0 Å². The number of carbonyl (C=O) groups excluding carboxylic acids is 1. The third-order valence-corrected chi connectivity index (χ3v) is 12.6. The van der Waals surface area contributed by atoms with Gasteiger partial charge in [-0.2, -0.15) is 0 Å². The van der Waals surface area contributed by atoms with Gasteiger partial charge in [-0.15, -0.1) is 0 Å². The van der Waals surface area contributed by atoms with Crippen molar-refractivity contribution < 1.29 is 69.0 Å². The number of hydrogen-bond acceptors (Lipinski definition) is 14. The monoisotopic (exact) mass is 907 g/mol. The van der Waals surface area contributed by atoms with Crippen LogP contribution in [0, 0.1) is 0 Å². The summed E-state index contributed by atoms with van der Waals surface area (Å²) in [6.07, 6.45) is 20.2. The molecule has 0 radical (unpaired) electrons. The Balaban J connectivity index is 1.76. The Hall–Kier alpha value is -1.01. The van der Waals surface area contributed by atoms with Gasteiger partial charge in [0.15, 0.2) is 12.6 Å². The van der Waals surface area contributed by atoms with Crippen molar-refractivity contribution in [2.75, 3.05) is 33.0 Å². The topological polar surface area (TPSA) is 214 Å². The molecule has 0 aromatic carbocycles. The molecule has 2 fully saturated rings. The minimum Gasteiger partial charge on any atom is -0.457 e. The number of carbonyl (C=O) groups is 1. The van der Waals surface area contributed by atoms with E-state index in [4.69, 9.17) is 28.4 Å². The van der Waals surface area contributed by atoms with Gasteiger partial charge in [-0.1, -0.05) is 187 Å². The molecule has 63 heavy (non-hydrogen) atoms. The molecule has 14 heteroatoms. The number of esters is 1. The van der Waals surface area contributed by atoms with Crippen molar-refractivity contribution in [3.8, 4) is 0 Å². The van der Waals surface area contributed by atoms with Crippen LogP contribution in [-0.2, 0) is 33.2 Å². The number of rotatable bonds is 41. The fraction of sp³-hybridized carbons (Fsp3) is 0.980. The molecule has 0 amide bonds. The quantitative estimate of drug-likeness (QED) is 0.0237. The number of ether oxygens (including phenoxy) is 6. The molecule has 2 heterocycles. The molecule has 11 atom stereocenters. The van der Waals surface area contributed by atoms with Gasteiger partial charge in [0.1, 0.15) is 54.9 Å². The molecule has 7 N–H and O–H groups in total. The molecule has 374 valence electrons. The summed E-state index contributed by atoms with van der Waals surface area (Å²) in [5.41, 5.74) is 0. The Morgan fingerprint density at radius 1 is 0.460 bits per heavy atom. The first-order valence-corrected chi connectivity index (χ1v) is 25.6. The molecule has 0 saturated carbocycles. The van der Waals surface area contributed by atoms with Crippen molar-refractivity contribution in [1.82, 2.24) is 0 Å². The van der Waals surface area contributed by atoms with Crippen molar-refractivity contribution in [1.29, 1.82) is 0 Å². The molecule has 0 aromatic heterocycles. The van der Waals surface area contributed by atoms with Crippen LogP contribution in [0.2, 0.25) is 0 Å². The highest BCUT2D eigenvalue weighted by atomic mass is 16.7. The SMILES string of the molecule is CCCCCCCCCCCCCCCCCCCC(=O)OC(COCCCCCCCCCCCCCC)COC1OC(COC2OC(CO)C(O)C(O)C2O)C(O)C(O)C1O. The van der Waals surface area contributed by atoms with E-state index < -0.39 is 80.7 Å². The van der Waals surface area contributed by atoms with Crippen LogP contribution in [0.4, 0.5) is 0 Å². The van der Waals surface area contributed by atoms with Gasteiger partial charge < -0.3 is 64.2 Å². The highest BCUT2D eigenvalue weighted by Gasteiger charge is 2.47. The summed E-state index contributed by atoms with van der Waals surface area (Å²) < 4.78 is 34.3. The highest BCUT2D eigenvalue weighted by Crippen LogP contribution is 2.26. The zero-order chi connectivity index (χ0) is 45.9. The van der Waals surface area contributed by atoms with E-state index in [9.17, 15) is 40.5 Å². The van der Waals surface area contributed by atoms with E-state index in [2.05, 4.69) is 13.8 Å². The van der Waals surface area contributed by atoms with Gasteiger partial charge in [-0.25, -0.2) is 0 Å². The van der Waals surface area contributed by atoms with E-state index in [-0.39, 0.29) is 25.6 Å². The van der Waals surface area contributed by atoms with Crippen LogP contribution >= 0.6 is 0 Å². The van der Waals surface area contributed by atoms with Crippen LogP contribution in [0.1, 0.15) is 206 Å². The maximum atomic E-state index is 13.0. The number of unbranched alkanes of at least 4 members (excludes halogenated alkanes) is 27. The molecular formula is C49H94O14. The maximum Gasteiger partial charge on any atom is 0.306 e. The van der Waals surface area contributed by atoms with Crippen molar-refractivity contribution in [3.05, 3.63) is 0 Å². The zero-order valence-electron chi connectivity index (χ0n) is 39.6. The van der Waals surface area contributed by atoms with Gasteiger partial charge in [0, 0.05) is 13.0 Å². The first kappa shape index (κ1) is 58.1. The summed E-state index contributed by atoms with van der Waals surface area (Å²) in [6, 6.07) is 0. The molecule has 2 aliphatic rings. The van der Waals surface area contributed by atoms with E-state index in [1.54, 1.807) is 0 Å². The van der Waals surface area contributed by atoms with Gasteiger partial charge in [0.2, 0.25) is 0 Å². The lowest BCUT2D eigenvalue weighted by atomic mass is 9.98. The summed E-state index contributed by atoms with van der Waals surface area (Å²) in [4.78, 5) is 13.0. The van der Waals surface area contributed by atoms with E-state index in [1.165, 1.54) is 141 Å². The van der Waals surface area contributed by atoms with E-state index >= 15 is 0 Å². The van der Waals surface area contributed by atoms with Gasteiger partial charge >= 0.3 is 5.97 Å². The van der Waals surface area contributed by atoms with Gasteiger partial charge in [-0.3, -0.25) is 4.79 Å². The van der Waals surface area contributed by atoms with Crippen LogP contribution in [-0.4, -0.2) is 142 Å². The molecule has 14 nitrogen and oxygen atoms in total. The minimum atomic E-state index is -1.70. The second-order valence-electron chi connectivity index (χ2n) is 18.4. The lowest BCUT2D eigenvalue weighted by Crippen LogP contribution is -2.61. The number of aliphatic hydroxyl groups excluding tert-OH is 7. The standard InChI is InChI=1S/C49H94O14/c1-3-5-7-9-11-13-15-17-18-19-20-21-22-24-26-28-30-32-41(51)61-38(35-58-33-31-29-27-25-23-16-14-12-10-8-6-4-2)36-59-48-47(57)45(55)43(53)40(63-48)37-60-49-46(56)44(54)42(52)39(34-50)62-49/h38-40,42-50,52-57H,3-37H2,1-2H3. The Morgan fingerprint density at radius 3 is 1.29 bits per heavy atom. The fourth-order valence-electron chi connectivity index (χ4n) is 8.40. The fourth-order valence-corrected chi connectivity index (χ4v) is 8.40. The Bertz CT molecular complexity index is 1050. The first-order chi connectivity index (χ1) is 30.6. The van der Waals surface area contributed by atoms with Crippen molar-refractivity contribution >= 4 is 5.97 Å². The summed E-state index contributed by atoms with van der Waals surface area (Å²) in [5.74, 6) is -0.370. The average molecular weight is 907 g/mol. The van der Waals surface area contributed by atoms with E-state index in [1.807, 2.05) is 0 Å². The first-order valence-electron chi connectivity index (χ1n) is 25.6. The summed E-state index contributed by atoms with van der Waals surface area (Å²) in [6.45, 7) is 3.73. The van der Waals surface area contributed by atoms with Gasteiger partial charge in [0.05, 0.1) is 26.4 Å². The molecule has 11 unspecified atom stereocenters. The van der Waals surface area contributed by atoms with E-state index in [0.717, 1.165) is 44.9 Å². The summed E-state index contributed by atoms with van der Waals surface area (Å²) in [7, 11) is 0. The van der Waals surface area contributed by atoms with Crippen molar-refractivity contribution in [2.45, 2.75) is 274 Å². The zero-order valence-corrected chi connectivity index (χ0v) is 39.6. The third kappa shape index (κ3) is 26.2. The summed E-state index contributed by atoms with van der Waals surface area (Å²) >= 11 is 0. The molecule has 2 rings (SSSR count). The highest BCUT2D eigenvalue weighted by molar-refractivity contribution is 5.69. The lowest BCUT2D eigenvalue weighted by molar-refractivity contribution is -0.332. The summed E-state index contributed by atoms with van der Waals surface area (Å²) in [5, 5.41) is 72.0.